The fraction of sp³-hybridized carbons (Fsp3) is 0.375. The van der Waals surface area contributed by atoms with Crippen LogP contribution in [0.15, 0.2) is 36.7 Å². The molecule has 1 aliphatic heterocycles. The van der Waals surface area contributed by atoms with E-state index >= 15 is 0 Å². The summed E-state index contributed by atoms with van der Waals surface area (Å²) >= 11 is 0. The Kier molecular flexibility index (Phi) is 5.80. The van der Waals surface area contributed by atoms with Gasteiger partial charge in [-0.15, -0.1) is 12.4 Å². The van der Waals surface area contributed by atoms with E-state index in [0.29, 0.717) is 18.5 Å². The van der Waals surface area contributed by atoms with E-state index in [0.717, 1.165) is 13.1 Å². The molecule has 1 saturated heterocycles. The van der Waals surface area contributed by atoms with Gasteiger partial charge in [0.25, 0.3) is 5.91 Å². The number of carbonyl (C=O) groups excluding carboxylic acids is 1. The van der Waals surface area contributed by atoms with Gasteiger partial charge in [0.1, 0.15) is 5.54 Å². The number of hydrogen-bond donors (Lipinski definition) is 2. The number of nitrogens with zero attached hydrogens (tertiary/aromatic N) is 2. The van der Waals surface area contributed by atoms with E-state index in [1.807, 2.05) is 0 Å². The number of halogens is 2. The second-order valence-corrected chi connectivity index (χ2v) is 5.54. The highest BCUT2D eigenvalue weighted by Gasteiger charge is 2.42. The predicted octanol–water partition coefficient (Wildman–Crippen LogP) is 2.17. The third-order valence-electron chi connectivity index (χ3n) is 4.21. The standard InChI is InChI=1S/C16H19FN4O2.ClH/c1-23-14-4-3-12(11-13(14)17)20-15(22)16(5-8-18-9-6-16)21-10-2-7-19-21;/h2-4,7,10-11,18H,5-6,8-9H2,1H3,(H,20,22);1H. The number of aromatic nitrogens is 2. The van der Waals surface area contributed by atoms with Crippen LogP contribution in [-0.4, -0.2) is 35.9 Å². The lowest BCUT2D eigenvalue weighted by Crippen LogP contribution is -2.52. The fourth-order valence-corrected chi connectivity index (χ4v) is 2.91. The number of piperidine rings is 1. The molecule has 0 atom stereocenters. The minimum Gasteiger partial charge on any atom is -0.494 e. The Bertz CT molecular complexity index is 687. The Labute approximate surface area is 145 Å². The average Bonchev–Trinajstić information content (AvgIpc) is 3.10. The van der Waals surface area contributed by atoms with E-state index in [4.69, 9.17) is 4.74 Å². The zero-order chi connectivity index (χ0) is 16.3. The van der Waals surface area contributed by atoms with Gasteiger partial charge in [0.15, 0.2) is 11.6 Å². The number of ether oxygens (including phenoxy) is 1. The number of benzene rings is 1. The minimum atomic E-state index is -0.759. The lowest BCUT2D eigenvalue weighted by atomic mass is 9.87. The van der Waals surface area contributed by atoms with Crippen LogP contribution in [0.1, 0.15) is 12.8 Å². The molecule has 0 bridgehead atoms. The molecule has 24 heavy (non-hydrogen) atoms. The molecule has 1 aromatic carbocycles. The average molecular weight is 355 g/mol. The normalized spacial score (nSPS) is 16.1. The van der Waals surface area contributed by atoms with Crippen molar-refractivity contribution in [2.24, 2.45) is 0 Å². The fourth-order valence-electron chi connectivity index (χ4n) is 2.91. The maximum atomic E-state index is 13.8. The van der Waals surface area contributed by atoms with E-state index in [1.165, 1.54) is 19.2 Å². The Hall–Kier alpha value is -2.12. The first-order valence-electron chi connectivity index (χ1n) is 7.51. The third kappa shape index (κ3) is 3.37. The summed E-state index contributed by atoms with van der Waals surface area (Å²) < 4.78 is 20.4. The highest BCUT2D eigenvalue weighted by Crippen LogP contribution is 2.29. The molecule has 0 radical (unpaired) electrons. The molecule has 2 heterocycles. The van der Waals surface area contributed by atoms with E-state index in [-0.39, 0.29) is 24.1 Å². The summed E-state index contributed by atoms with van der Waals surface area (Å²) in [4.78, 5) is 12.9. The maximum Gasteiger partial charge on any atom is 0.252 e. The molecule has 0 spiro atoms. The second kappa shape index (κ2) is 7.63. The van der Waals surface area contributed by atoms with Gasteiger partial charge in [0.05, 0.1) is 7.11 Å². The Morgan fingerprint density at radius 2 is 2.17 bits per heavy atom. The van der Waals surface area contributed by atoms with Gasteiger partial charge in [0.2, 0.25) is 0 Å². The van der Waals surface area contributed by atoms with Crippen LogP contribution in [0.5, 0.6) is 5.75 Å². The molecule has 2 N–H and O–H groups in total. The SMILES string of the molecule is COc1ccc(NC(=O)C2(n3cccn3)CCNCC2)cc1F.Cl. The van der Waals surface area contributed by atoms with E-state index in [2.05, 4.69) is 15.7 Å². The second-order valence-electron chi connectivity index (χ2n) is 5.54. The van der Waals surface area contributed by atoms with E-state index in [1.54, 1.807) is 29.2 Å². The molecule has 0 aliphatic carbocycles. The van der Waals surface area contributed by atoms with Crippen LogP contribution in [0, 0.1) is 5.82 Å². The van der Waals surface area contributed by atoms with Crippen molar-refractivity contribution >= 4 is 24.0 Å². The van der Waals surface area contributed by atoms with Gasteiger partial charge < -0.3 is 15.4 Å². The predicted molar refractivity (Wildman–Crippen MR) is 91.1 cm³/mol. The molecule has 8 heteroatoms. The van der Waals surface area contributed by atoms with Crippen LogP contribution in [-0.2, 0) is 10.3 Å². The van der Waals surface area contributed by atoms with Gasteiger partial charge in [-0.3, -0.25) is 9.48 Å². The first-order chi connectivity index (χ1) is 11.2. The van der Waals surface area contributed by atoms with Crippen LogP contribution >= 0.6 is 12.4 Å². The van der Waals surface area contributed by atoms with Gasteiger partial charge in [0, 0.05) is 24.1 Å². The number of anilines is 1. The molecule has 1 aliphatic rings. The summed E-state index contributed by atoms with van der Waals surface area (Å²) in [6.45, 7) is 1.45. The molecule has 130 valence electrons. The highest BCUT2D eigenvalue weighted by atomic mass is 35.5. The quantitative estimate of drug-likeness (QED) is 0.883. The third-order valence-corrected chi connectivity index (χ3v) is 4.21. The van der Waals surface area contributed by atoms with Crippen LogP contribution < -0.4 is 15.4 Å². The van der Waals surface area contributed by atoms with Gasteiger partial charge in [-0.2, -0.15) is 5.10 Å². The largest absolute Gasteiger partial charge is 0.494 e. The Balaban J connectivity index is 0.00000208. The lowest BCUT2D eigenvalue weighted by Gasteiger charge is -2.36. The van der Waals surface area contributed by atoms with Gasteiger partial charge in [-0.1, -0.05) is 0 Å². The molecule has 2 aromatic rings. The zero-order valence-corrected chi connectivity index (χ0v) is 14.1. The van der Waals surface area contributed by atoms with Crippen molar-refractivity contribution in [2.45, 2.75) is 18.4 Å². The molecule has 3 rings (SSSR count). The Morgan fingerprint density at radius 3 is 2.75 bits per heavy atom. The van der Waals surface area contributed by atoms with Crippen LogP contribution in [0.2, 0.25) is 0 Å². The van der Waals surface area contributed by atoms with E-state index in [9.17, 15) is 9.18 Å². The van der Waals surface area contributed by atoms with E-state index < -0.39 is 11.4 Å². The number of hydrogen-bond acceptors (Lipinski definition) is 4. The number of nitrogens with one attached hydrogen (secondary N) is 2. The summed E-state index contributed by atoms with van der Waals surface area (Å²) in [5, 5.41) is 10.3. The van der Waals surface area contributed by atoms with Gasteiger partial charge in [-0.05, 0) is 44.1 Å². The maximum absolute atomic E-state index is 13.8. The summed E-state index contributed by atoms with van der Waals surface area (Å²) in [5.74, 6) is -0.553. The highest BCUT2D eigenvalue weighted by molar-refractivity contribution is 5.96. The van der Waals surface area contributed by atoms with Gasteiger partial charge in [-0.25, -0.2) is 4.39 Å². The molecule has 1 amide bonds. The molecule has 0 saturated carbocycles. The van der Waals surface area contributed by atoms with Crippen molar-refractivity contribution in [1.29, 1.82) is 0 Å². The number of amides is 1. The number of methoxy groups -OCH3 is 1. The molecule has 1 aromatic heterocycles. The number of carbonyl (C=O) groups is 1. The summed E-state index contributed by atoms with van der Waals surface area (Å²) in [6.07, 6.45) is 4.70. The minimum absolute atomic E-state index is 0. The molecular weight excluding hydrogens is 335 g/mol. The van der Waals surface area contributed by atoms with Crippen molar-refractivity contribution in [3.63, 3.8) is 0 Å². The molecule has 6 nitrogen and oxygen atoms in total. The molecule has 1 fully saturated rings. The first kappa shape index (κ1) is 18.2. The topological polar surface area (TPSA) is 68.2 Å². The van der Waals surface area contributed by atoms with Crippen LogP contribution in [0.4, 0.5) is 10.1 Å². The van der Waals surface area contributed by atoms with Crippen molar-refractivity contribution in [1.82, 2.24) is 15.1 Å². The molecule has 0 unspecified atom stereocenters. The van der Waals surface area contributed by atoms with Crippen molar-refractivity contribution < 1.29 is 13.9 Å². The summed E-state index contributed by atoms with van der Waals surface area (Å²) in [5.41, 5.74) is -0.358. The smallest absolute Gasteiger partial charge is 0.252 e. The van der Waals surface area contributed by atoms with Crippen molar-refractivity contribution in [2.75, 3.05) is 25.5 Å². The summed E-state index contributed by atoms with van der Waals surface area (Å²) in [7, 11) is 1.40. The van der Waals surface area contributed by atoms with Crippen molar-refractivity contribution in [3.05, 3.63) is 42.5 Å². The lowest BCUT2D eigenvalue weighted by molar-refractivity contribution is -0.126. The molecular formula is C16H20ClFN4O2. The summed E-state index contributed by atoms with van der Waals surface area (Å²) in [6, 6.07) is 6.17. The van der Waals surface area contributed by atoms with Crippen molar-refractivity contribution in [3.8, 4) is 5.75 Å². The Morgan fingerprint density at radius 1 is 1.42 bits per heavy atom. The van der Waals surface area contributed by atoms with Crippen LogP contribution in [0.3, 0.4) is 0 Å². The number of rotatable bonds is 4. The van der Waals surface area contributed by atoms with Gasteiger partial charge >= 0.3 is 0 Å². The monoisotopic (exact) mass is 354 g/mol. The first-order valence-corrected chi connectivity index (χ1v) is 7.51. The zero-order valence-electron chi connectivity index (χ0n) is 13.3. The van der Waals surface area contributed by atoms with Crippen LogP contribution in [0.25, 0.3) is 0 Å².